The number of piperazine rings is 1. The number of carbonyl (C=O) groups is 2. The third-order valence-corrected chi connectivity index (χ3v) is 4.45. The van der Waals surface area contributed by atoms with Gasteiger partial charge in [0.15, 0.2) is 0 Å². The Balaban J connectivity index is 2.30. The molecule has 2 amide bonds. The molecule has 2 rings (SSSR count). The zero-order chi connectivity index (χ0) is 14.2. The second-order valence-corrected chi connectivity index (χ2v) is 6.12. The van der Waals surface area contributed by atoms with E-state index in [2.05, 4.69) is 10.3 Å². The minimum Gasteiger partial charge on any atom is -0.342 e. The fraction of sp³-hybridized carbons (Fsp3) is 0.615. The van der Waals surface area contributed by atoms with Crippen LogP contribution in [0.2, 0.25) is 0 Å². The lowest BCUT2D eigenvalue weighted by Gasteiger charge is -2.41. The highest BCUT2D eigenvalue weighted by atomic mass is 32.1. The highest BCUT2D eigenvalue weighted by Gasteiger charge is 2.42. The Bertz CT molecular complexity index is 472. The van der Waals surface area contributed by atoms with E-state index < -0.39 is 12.1 Å². The summed E-state index contributed by atoms with van der Waals surface area (Å²) in [5.41, 5.74) is 0. The molecule has 1 aromatic heterocycles. The van der Waals surface area contributed by atoms with Crippen molar-refractivity contribution in [2.75, 3.05) is 0 Å². The summed E-state index contributed by atoms with van der Waals surface area (Å²) in [4.78, 5) is 30.5. The number of amides is 2. The van der Waals surface area contributed by atoms with Crippen LogP contribution in [0.3, 0.4) is 0 Å². The second-order valence-electron chi connectivity index (χ2n) is 5.20. The second kappa shape index (κ2) is 5.28. The first-order chi connectivity index (χ1) is 8.93. The maximum absolute atomic E-state index is 12.5. The normalized spacial score (nSPS) is 25.6. The van der Waals surface area contributed by atoms with E-state index in [-0.39, 0.29) is 23.8 Å². The van der Waals surface area contributed by atoms with Gasteiger partial charge in [-0.1, -0.05) is 13.8 Å². The number of aromatic nitrogens is 1. The lowest BCUT2D eigenvalue weighted by Crippen LogP contribution is -2.64. The van der Waals surface area contributed by atoms with Crippen LogP contribution >= 0.6 is 11.3 Å². The maximum Gasteiger partial charge on any atom is 0.246 e. The van der Waals surface area contributed by atoms with E-state index in [0.29, 0.717) is 0 Å². The quantitative estimate of drug-likeness (QED) is 0.915. The summed E-state index contributed by atoms with van der Waals surface area (Å²) in [6, 6.07) is -1.07. The Morgan fingerprint density at radius 1 is 1.37 bits per heavy atom. The Morgan fingerprint density at radius 3 is 2.58 bits per heavy atom. The fourth-order valence-electron chi connectivity index (χ4n) is 2.35. The summed E-state index contributed by atoms with van der Waals surface area (Å²) in [5, 5.41) is 5.54. The predicted molar refractivity (Wildman–Crippen MR) is 73.6 cm³/mol. The minimum atomic E-state index is -0.457. The van der Waals surface area contributed by atoms with Crippen LogP contribution in [-0.4, -0.2) is 33.8 Å². The standard InChI is InChI=1S/C13H19N3O2S/c1-7(2)10-13(18)16(8(3)11(17)15-10)9(4)12-14-5-6-19-12/h5-10H,1-4H3,(H,15,17). The van der Waals surface area contributed by atoms with Crippen LogP contribution in [0.5, 0.6) is 0 Å². The van der Waals surface area contributed by atoms with Gasteiger partial charge in [-0.15, -0.1) is 11.3 Å². The van der Waals surface area contributed by atoms with E-state index in [9.17, 15) is 9.59 Å². The fourth-order valence-corrected chi connectivity index (χ4v) is 3.04. The van der Waals surface area contributed by atoms with Gasteiger partial charge in [0.1, 0.15) is 17.1 Å². The summed E-state index contributed by atoms with van der Waals surface area (Å²) in [6.45, 7) is 7.55. The molecular formula is C13H19N3O2S. The molecule has 19 heavy (non-hydrogen) atoms. The van der Waals surface area contributed by atoms with E-state index in [1.54, 1.807) is 18.0 Å². The van der Waals surface area contributed by atoms with Gasteiger partial charge in [0, 0.05) is 11.6 Å². The molecule has 0 saturated carbocycles. The molecule has 2 heterocycles. The summed E-state index contributed by atoms with van der Waals surface area (Å²) >= 11 is 1.50. The molecule has 3 unspecified atom stereocenters. The van der Waals surface area contributed by atoms with Crippen LogP contribution in [0.1, 0.15) is 38.7 Å². The van der Waals surface area contributed by atoms with E-state index in [1.165, 1.54) is 11.3 Å². The molecule has 0 aliphatic carbocycles. The van der Waals surface area contributed by atoms with Gasteiger partial charge in [-0.3, -0.25) is 9.59 Å². The Labute approximate surface area is 117 Å². The van der Waals surface area contributed by atoms with Gasteiger partial charge >= 0.3 is 0 Å². The molecule has 1 aliphatic rings. The van der Waals surface area contributed by atoms with Crippen molar-refractivity contribution in [1.29, 1.82) is 0 Å². The van der Waals surface area contributed by atoms with Crippen molar-refractivity contribution in [3.8, 4) is 0 Å². The Kier molecular flexibility index (Phi) is 3.89. The summed E-state index contributed by atoms with van der Waals surface area (Å²) in [5.74, 6) is -0.0403. The van der Waals surface area contributed by atoms with Gasteiger partial charge in [0.25, 0.3) is 0 Å². The number of thiazole rings is 1. The number of hydrogen-bond donors (Lipinski definition) is 1. The van der Waals surface area contributed by atoms with Crippen molar-refractivity contribution in [2.45, 2.75) is 45.8 Å². The molecule has 0 radical (unpaired) electrons. The van der Waals surface area contributed by atoms with Crippen molar-refractivity contribution in [2.24, 2.45) is 5.92 Å². The van der Waals surface area contributed by atoms with Crippen molar-refractivity contribution in [1.82, 2.24) is 15.2 Å². The van der Waals surface area contributed by atoms with Crippen LogP contribution in [0.15, 0.2) is 11.6 Å². The van der Waals surface area contributed by atoms with Gasteiger partial charge in [0.2, 0.25) is 11.8 Å². The molecule has 104 valence electrons. The number of nitrogens with zero attached hydrogens (tertiary/aromatic N) is 2. The molecule has 1 saturated heterocycles. The van der Waals surface area contributed by atoms with Crippen molar-refractivity contribution >= 4 is 23.2 Å². The molecule has 5 nitrogen and oxygen atoms in total. The Morgan fingerprint density at radius 2 is 2.05 bits per heavy atom. The average molecular weight is 281 g/mol. The minimum absolute atomic E-state index is 0.0233. The number of nitrogens with one attached hydrogen (secondary N) is 1. The zero-order valence-corrected chi connectivity index (χ0v) is 12.4. The van der Waals surface area contributed by atoms with Gasteiger partial charge in [0.05, 0.1) is 6.04 Å². The van der Waals surface area contributed by atoms with Crippen LogP contribution in [0, 0.1) is 5.92 Å². The average Bonchev–Trinajstić information content (AvgIpc) is 2.87. The largest absolute Gasteiger partial charge is 0.342 e. The van der Waals surface area contributed by atoms with Crippen molar-refractivity contribution in [3.63, 3.8) is 0 Å². The van der Waals surface area contributed by atoms with Crippen LogP contribution in [0.25, 0.3) is 0 Å². The van der Waals surface area contributed by atoms with E-state index in [1.807, 2.05) is 26.2 Å². The molecule has 1 aromatic rings. The smallest absolute Gasteiger partial charge is 0.246 e. The lowest BCUT2D eigenvalue weighted by molar-refractivity contribution is -0.152. The van der Waals surface area contributed by atoms with Gasteiger partial charge in [-0.2, -0.15) is 0 Å². The van der Waals surface area contributed by atoms with Gasteiger partial charge < -0.3 is 10.2 Å². The monoisotopic (exact) mass is 281 g/mol. The first-order valence-electron chi connectivity index (χ1n) is 6.45. The van der Waals surface area contributed by atoms with Crippen LogP contribution in [-0.2, 0) is 9.59 Å². The first kappa shape index (κ1) is 14.0. The van der Waals surface area contributed by atoms with E-state index >= 15 is 0 Å². The molecule has 0 spiro atoms. The highest BCUT2D eigenvalue weighted by molar-refractivity contribution is 7.09. The third-order valence-electron chi connectivity index (χ3n) is 3.51. The Hall–Kier alpha value is -1.43. The van der Waals surface area contributed by atoms with Crippen molar-refractivity contribution in [3.05, 3.63) is 16.6 Å². The molecule has 1 aliphatic heterocycles. The SMILES string of the molecule is CC(C)C1NC(=O)C(C)N(C(C)c2nccs2)C1=O. The molecule has 3 atom stereocenters. The molecule has 6 heteroatoms. The topological polar surface area (TPSA) is 62.3 Å². The molecule has 0 bridgehead atoms. The summed E-state index contributed by atoms with van der Waals surface area (Å²) < 4.78 is 0. The summed E-state index contributed by atoms with van der Waals surface area (Å²) in [7, 11) is 0. The van der Waals surface area contributed by atoms with Gasteiger partial charge in [-0.05, 0) is 19.8 Å². The van der Waals surface area contributed by atoms with Crippen molar-refractivity contribution < 1.29 is 9.59 Å². The molecule has 0 aromatic carbocycles. The first-order valence-corrected chi connectivity index (χ1v) is 7.33. The third kappa shape index (κ3) is 2.49. The van der Waals surface area contributed by atoms with E-state index in [4.69, 9.17) is 0 Å². The lowest BCUT2D eigenvalue weighted by atomic mass is 9.97. The number of hydrogen-bond acceptors (Lipinski definition) is 4. The molecular weight excluding hydrogens is 262 g/mol. The van der Waals surface area contributed by atoms with Crippen LogP contribution in [0.4, 0.5) is 0 Å². The maximum atomic E-state index is 12.5. The van der Waals surface area contributed by atoms with Crippen LogP contribution < -0.4 is 5.32 Å². The molecule has 1 fully saturated rings. The highest BCUT2D eigenvalue weighted by Crippen LogP contribution is 2.28. The summed E-state index contributed by atoms with van der Waals surface area (Å²) in [6.07, 6.45) is 1.72. The number of carbonyl (C=O) groups excluding carboxylic acids is 2. The predicted octanol–water partition coefficient (Wildman–Crippen LogP) is 1.58. The molecule has 1 N–H and O–H groups in total. The zero-order valence-electron chi connectivity index (χ0n) is 11.6. The van der Waals surface area contributed by atoms with E-state index in [0.717, 1.165) is 5.01 Å². The number of rotatable bonds is 3. The van der Waals surface area contributed by atoms with Gasteiger partial charge in [-0.25, -0.2) is 4.98 Å².